The largest absolute Gasteiger partial charge is 0.396 e. The van der Waals surface area contributed by atoms with Gasteiger partial charge in [-0.05, 0) is 6.07 Å². The second-order valence-corrected chi connectivity index (χ2v) is 3.21. The summed E-state index contributed by atoms with van der Waals surface area (Å²) in [6.45, 7) is 1.83. The van der Waals surface area contributed by atoms with Crippen LogP contribution < -0.4 is 16.0 Å². The van der Waals surface area contributed by atoms with Gasteiger partial charge in [0.2, 0.25) is 5.91 Å². The highest BCUT2D eigenvalue weighted by atomic mass is 16.2. The maximum absolute atomic E-state index is 11.1. The molecule has 0 bridgehead atoms. The van der Waals surface area contributed by atoms with Crippen LogP contribution in [0.15, 0.2) is 18.5 Å². The van der Waals surface area contributed by atoms with E-state index in [9.17, 15) is 4.79 Å². The number of pyridine rings is 1. The van der Waals surface area contributed by atoms with Gasteiger partial charge in [-0.2, -0.15) is 0 Å². The number of nitrogens with one attached hydrogen (secondary N) is 1. The van der Waals surface area contributed by atoms with Crippen LogP contribution in [0.1, 0.15) is 0 Å². The second kappa shape index (κ2) is 3.53. The van der Waals surface area contributed by atoms with Gasteiger partial charge in [0.05, 0.1) is 24.1 Å². The maximum atomic E-state index is 11.1. The average molecular weight is 192 g/mol. The third-order valence-electron chi connectivity index (χ3n) is 2.21. The Labute approximate surface area is 81.9 Å². The highest BCUT2D eigenvalue weighted by Crippen LogP contribution is 2.21. The molecule has 1 fully saturated rings. The maximum Gasteiger partial charge on any atom is 0.239 e. The van der Waals surface area contributed by atoms with Gasteiger partial charge in [0.15, 0.2) is 0 Å². The van der Waals surface area contributed by atoms with Gasteiger partial charge in [0.1, 0.15) is 0 Å². The Bertz CT molecular complexity index is 352. The number of aromatic nitrogens is 1. The number of hydrogen-bond donors (Lipinski definition) is 2. The first-order valence-electron chi connectivity index (χ1n) is 4.48. The van der Waals surface area contributed by atoms with Crippen molar-refractivity contribution < 1.29 is 4.79 Å². The lowest BCUT2D eigenvalue weighted by Crippen LogP contribution is -2.47. The highest BCUT2D eigenvalue weighted by molar-refractivity contribution is 5.84. The molecule has 0 unspecified atom stereocenters. The first-order valence-corrected chi connectivity index (χ1v) is 4.48. The van der Waals surface area contributed by atoms with E-state index in [1.807, 2.05) is 11.0 Å². The van der Waals surface area contributed by atoms with E-state index in [1.54, 1.807) is 12.4 Å². The topological polar surface area (TPSA) is 71.2 Å². The summed E-state index contributed by atoms with van der Waals surface area (Å²) < 4.78 is 0. The van der Waals surface area contributed by atoms with E-state index in [2.05, 4.69) is 10.3 Å². The quantitative estimate of drug-likeness (QED) is 0.635. The lowest BCUT2D eigenvalue weighted by atomic mass is 10.2. The van der Waals surface area contributed by atoms with Crippen LogP contribution in [0.25, 0.3) is 0 Å². The lowest BCUT2D eigenvalue weighted by Gasteiger charge is -2.29. The number of hydrogen-bond acceptors (Lipinski definition) is 4. The minimum Gasteiger partial charge on any atom is -0.396 e. The summed E-state index contributed by atoms with van der Waals surface area (Å²) in [5.41, 5.74) is 7.26. The fraction of sp³-hybridized carbons (Fsp3) is 0.333. The molecule has 0 aliphatic carbocycles. The van der Waals surface area contributed by atoms with Crippen molar-refractivity contribution in [1.82, 2.24) is 10.3 Å². The zero-order valence-electron chi connectivity index (χ0n) is 7.73. The van der Waals surface area contributed by atoms with E-state index < -0.39 is 0 Å². The predicted molar refractivity (Wildman–Crippen MR) is 53.9 cm³/mol. The summed E-state index contributed by atoms with van der Waals surface area (Å²) in [5.74, 6) is 0.0347. The van der Waals surface area contributed by atoms with Crippen LogP contribution >= 0.6 is 0 Å². The molecule has 14 heavy (non-hydrogen) atoms. The zero-order chi connectivity index (χ0) is 9.97. The molecule has 5 nitrogen and oxygen atoms in total. The van der Waals surface area contributed by atoms with Gasteiger partial charge in [-0.15, -0.1) is 0 Å². The van der Waals surface area contributed by atoms with Crippen molar-refractivity contribution in [3.63, 3.8) is 0 Å². The van der Waals surface area contributed by atoms with Gasteiger partial charge >= 0.3 is 0 Å². The smallest absolute Gasteiger partial charge is 0.239 e. The summed E-state index contributed by atoms with van der Waals surface area (Å²) >= 11 is 0. The highest BCUT2D eigenvalue weighted by Gasteiger charge is 2.17. The van der Waals surface area contributed by atoms with Gasteiger partial charge in [-0.25, -0.2) is 0 Å². The molecule has 1 aromatic rings. The SMILES string of the molecule is Nc1cnccc1N1CCNC(=O)C1. The fourth-order valence-corrected chi connectivity index (χ4v) is 1.53. The van der Waals surface area contributed by atoms with E-state index in [0.717, 1.165) is 12.2 Å². The van der Waals surface area contributed by atoms with Crippen LogP contribution in [-0.4, -0.2) is 30.5 Å². The molecule has 2 heterocycles. The van der Waals surface area contributed by atoms with Crippen molar-refractivity contribution in [2.75, 3.05) is 30.3 Å². The molecule has 0 radical (unpaired) electrons. The zero-order valence-corrected chi connectivity index (χ0v) is 7.73. The minimum atomic E-state index is 0.0347. The fourth-order valence-electron chi connectivity index (χ4n) is 1.53. The van der Waals surface area contributed by atoms with Crippen LogP contribution in [-0.2, 0) is 4.79 Å². The summed E-state index contributed by atoms with van der Waals surface area (Å²) in [7, 11) is 0. The van der Waals surface area contributed by atoms with Crippen LogP contribution in [0.3, 0.4) is 0 Å². The first-order chi connectivity index (χ1) is 6.77. The van der Waals surface area contributed by atoms with Crippen LogP contribution in [0.4, 0.5) is 11.4 Å². The Morgan fingerprint density at radius 2 is 2.43 bits per heavy atom. The normalized spacial score (nSPS) is 16.6. The molecular weight excluding hydrogens is 180 g/mol. The molecule has 1 aromatic heterocycles. The van der Waals surface area contributed by atoms with E-state index >= 15 is 0 Å². The summed E-state index contributed by atoms with van der Waals surface area (Å²) in [6, 6.07) is 1.83. The Balaban J connectivity index is 2.22. The number of nitrogens with two attached hydrogens (primary N) is 1. The number of carbonyl (C=O) groups excluding carboxylic acids is 1. The molecule has 5 heteroatoms. The number of carbonyl (C=O) groups is 1. The molecule has 1 aliphatic heterocycles. The molecule has 0 spiro atoms. The van der Waals surface area contributed by atoms with Crippen LogP contribution in [0.5, 0.6) is 0 Å². The molecule has 1 aliphatic rings. The minimum absolute atomic E-state index is 0.0347. The number of nitrogen functional groups attached to an aromatic ring is 1. The van der Waals surface area contributed by atoms with E-state index in [-0.39, 0.29) is 5.91 Å². The van der Waals surface area contributed by atoms with Crippen molar-refractivity contribution in [2.24, 2.45) is 0 Å². The summed E-state index contributed by atoms with van der Waals surface area (Å²) in [6.07, 6.45) is 3.28. The summed E-state index contributed by atoms with van der Waals surface area (Å²) in [5, 5.41) is 2.76. The summed E-state index contributed by atoms with van der Waals surface area (Å²) in [4.78, 5) is 17.0. The van der Waals surface area contributed by atoms with Crippen LogP contribution in [0.2, 0.25) is 0 Å². The Morgan fingerprint density at radius 1 is 1.57 bits per heavy atom. The van der Waals surface area contributed by atoms with Crippen LogP contribution in [0, 0.1) is 0 Å². The lowest BCUT2D eigenvalue weighted by molar-refractivity contribution is -0.120. The number of piperazine rings is 1. The van der Waals surface area contributed by atoms with Crippen molar-refractivity contribution in [3.8, 4) is 0 Å². The van der Waals surface area contributed by atoms with Gasteiger partial charge in [-0.1, -0.05) is 0 Å². The number of anilines is 2. The number of amides is 1. The van der Waals surface area contributed by atoms with E-state index in [0.29, 0.717) is 18.8 Å². The van der Waals surface area contributed by atoms with Crippen molar-refractivity contribution >= 4 is 17.3 Å². The number of nitrogens with zero attached hydrogens (tertiary/aromatic N) is 2. The van der Waals surface area contributed by atoms with Gasteiger partial charge in [-0.3, -0.25) is 9.78 Å². The Hall–Kier alpha value is -1.78. The molecule has 1 amide bonds. The Morgan fingerprint density at radius 3 is 3.14 bits per heavy atom. The first kappa shape index (κ1) is 8.80. The monoisotopic (exact) mass is 192 g/mol. The van der Waals surface area contributed by atoms with Gasteiger partial charge in [0.25, 0.3) is 0 Å². The van der Waals surface area contributed by atoms with Crippen molar-refractivity contribution in [1.29, 1.82) is 0 Å². The Kier molecular flexibility index (Phi) is 2.22. The van der Waals surface area contributed by atoms with E-state index in [1.165, 1.54) is 0 Å². The standard InChI is InChI=1S/C9H12N4O/c10-7-5-11-2-1-8(7)13-4-3-12-9(14)6-13/h1-2,5H,3-4,6,10H2,(H,12,14). The van der Waals surface area contributed by atoms with Gasteiger partial charge in [0, 0.05) is 19.3 Å². The molecule has 0 atom stereocenters. The van der Waals surface area contributed by atoms with Gasteiger partial charge < -0.3 is 16.0 Å². The number of rotatable bonds is 1. The molecule has 2 rings (SSSR count). The second-order valence-electron chi connectivity index (χ2n) is 3.21. The molecule has 0 saturated carbocycles. The third-order valence-corrected chi connectivity index (χ3v) is 2.21. The molecular formula is C9H12N4O. The predicted octanol–water partition coefficient (Wildman–Crippen LogP) is -0.400. The molecule has 3 N–H and O–H groups in total. The molecule has 74 valence electrons. The molecule has 0 aromatic carbocycles. The van der Waals surface area contributed by atoms with Crippen molar-refractivity contribution in [3.05, 3.63) is 18.5 Å². The van der Waals surface area contributed by atoms with Crippen molar-refractivity contribution in [2.45, 2.75) is 0 Å². The van der Waals surface area contributed by atoms with E-state index in [4.69, 9.17) is 5.73 Å². The average Bonchev–Trinajstić information content (AvgIpc) is 2.18. The third kappa shape index (κ3) is 1.61. The molecule has 1 saturated heterocycles.